The van der Waals surface area contributed by atoms with Gasteiger partial charge < -0.3 is 4.90 Å². The number of carbonyl (C=O) groups is 1. The van der Waals surface area contributed by atoms with Crippen LogP contribution in [0.25, 0.3) is 0 Å². The highest BCUT2D eigenvalue weighted by atomic mass is 32.2. The van der Waals surface area contributed by atoms with Crippen LogP contribution in [0.1, 0.15) is 32.1 Å². The average Bonchev–Trinajstić information content (AvgIpc) is 2.16. The molecular formula is C11H21NO3S. The van der Waals surface area contributed by atoms with Crippen LogP contribution in [0.4, 0.5) is 0 Å². The van der Waals surface area contributed by atoms with E-state index in [-0.39, 0.29) is 5.75 Å². The third kappa shape index (κ3) is 5.07. The Bertz CT molecular complexity index is 327. The van der Waals surface area contributed by atoms with Gasteiger partial charge in [-0.05, 0) is 32.9 Å². The quantitative estimate of drug-likeness (QED) is 0.723. The molecule has 1 saturated carbocycles. The third-order valence-corrected chi connectivity index (χ3v) is 4.19. The molecule has 0 N–H and O–H groups in total. The van der Waals surface area contributed by atoms with Crippen molar-refractivity contribution in [3.05, 3.63) is 0 Å². The summed E-state index contributed by atoms with van der Waals surface area (Å²) >= 11 is 0. The zero-order chi connectivity index (χ0) is 12.2. The number of hydrogen-bond donors (Lipinski definition) is 0. The van der Waals surface area contributed by atoms with E-state index < -0.39 is 9.84 Å². The lowest BCUT2D eigenvalue weighted by atomic mass is 9.93. The molecule has 0 aromatic heterocycles. The molecule has 1 fully saturated rings. The summed E-state index contributed by atoms with van der Waals surface area (Å²) in [6.45, 7) is 0.798. The Morgan fingerprint density at radius 1 is 1.31 bits per heavy atom. The predicted octanol–water partition coefficient (Wildman–Crippen LogP) is 0.865. The molecule has 4 nitrogen and oxygen atoms in total. The molecule has 0 heterocycles. The van der Waals surface area contributed by atoms with Crippen molar-refractivity contribution in [2.24, 2.45) is 0 Å². The topological polar surface area (TPSA) is 54.5 Å². The van der Waals surface area contributed by atoms with Crippen molar-refractivity contribution in [3.63, 3.8) is 0 Å². The van der Waals surface area contributed by atoms with Gasteiger partial charge in [0.15, 0.2) is 0 Å². The SMILES string of the molecule is CN(CCCS(C)(=O)=O)C1CCC(=O)CC1. The minimum atomic E-state index is -2.84. The Morgan fingerprint density at radius 2 is 1.88 bits per heavy atom. The summed E-state index contributed by atoms with van der Waals surface area (Å²) in [6.07, 6.45) is 5.16. The Kier molecular flexibility index (Phi) is 4.92. The molecule has 0 saturated heterocycles. The van der Waals surface area contributed by atoms with Crippen molar-refractivity contribution in [3.8, 4) is 0 Å². The van der Waals surface area contributed by atoms with Crippen LogP contribution in [0.3, 0.4) is 0 Å². The molecule has 0 spiro atoms. The fraction of sp³-hybridized carbons (Fsp3) is 0.909. The first kappa shape index (κ1) is 13.6. The van der Waals surface area contributed by atoms with E-state index in [9.17, 15) is 13.2 Å². The normalized spacial score (nSPS) is 19.3. The van der Waals surface area contributed by atoms with Crippen molar-refractivity contribution in [2.75, 3.05) is 25.6 Å². The lowest BCUT2D eigenvalue weighted by Crippen LogP contribution is -2.36. The number of sulfone groups is 1. The van der Waals surface area contributed by atoms with Crippen LogP contribution in [0.15, 0.2) is 0 Å². The molecule has 16 heavy (non-hydrogen) atoms. The van der Waals surface area contributed by atoms with E-state index in [1.165, 1.54) is 6.26 Å². The average molecular weight is 247 g/mol. The van der Waals surface area contributed by atoms with E-state index in [1.54, 1.807) is 0 Å². The highest BCUT2D eigenvalue weighted by Gasteiger charge is 2.21. The number of carbonyl (C=O) groups excluding carboxylic acids is 1. The molecule has 1 aliphatic rings. The maximum absolute atomic E-state index is 11.1. The van der Waals surface area contributed by atoms with E-state index >= 15 is 0 Å². The van der Waals surface area contributed by atoms with Gasteiger partial charge in [0, 0.05) is 25.1 Å². The molecule has 0 aliphatic heterocycles. The van der Waals surface area contributed by atoms with Gasteiger partial charge in [-0.1, -0.05) is 0 Å². The highest BCUT2D eigenvalue weighted by molar-refractivity contribution is 7.90. The van der Waals surface area contributed by atoms with Crippen LogP contribution in [0, 0.1) is 0 Å². The molecule has 1 aliphatic carbocycles. The Hall–Kier alpha value is -0.420. The standard InChI is InChI=1S/C11H21NO3S/c1-12(8-3-9-16(2,14)15)10-4-6-11(13)7-5-10/h10H,3-9H2,1-2H3. The predicted molar refractivity (Wildman–Crippen MR) is 64.2 cm³/mol. The fourth-order valence-electron chi connectivity index (χ4n) is 2.12. The van der Waals surface area contributed by atoms with Crippen molar-refractivity contribution >= 4 is 15.6 Å². The molecule has 94 valence electrons. The molecule has 0 aromatic carbocycles. The minimum absolute atomic E-state index is 0.253. The van der Waals surface area contributed by atoms with E-state index in [1.807, 2.05) is 7.05 Å². The number of ketones is 1. The first-order valence-corrected chi connectivity index (χ1v) is 7.84. The van der Waals surface area contributed by atoms with Gasteiger partial charge in [-0.2, -0.15) is 0 Å². The summed E-state index contributed by atoms with van der Waals surface area (Å²) in [5.74, 6) is 0.615. The smallest absolute Gasteiger partial charge is 0.147 e. The molecule has 5 heteroatoms. The van der Waals surface area contributed by atoms with Crippen molar-refractivity contribution in [1.82, 2.24) is 4.90 Å². The zero-order valence-electron chi connectivity index (χ0n) is 10.1. The van der Waals surface area contributed by atoms with Crippen LogP contribution in [0.2, 0.25) is 0 Å². The van der Waals surface area contributed by atoms with E-state index in [4.69, 9.17) is 0 Å². The number of rotatable bonds is 5. The van der Waals surface area contributed by atoms with Crippen LogP contribution < -0.4 is 0 Å². The van der Waals surface area contributed by atoms with Crippen LogP contribution in [-0.2, 0) is 14.6 Å². The van der Waals surface area contributed by atoms with Gasteiger partial charge in [0.2, 0.25) is 0 Å². The largest absolute Gasteiger partial charge is 0.303 e. The molecule has 0 bridgehead atoms. The van der Waals surface area contributed by atoms with Crippen molar-refractivity contribution in [1.29, 1.82) is 0 Å². The number of hydrogen-bond acceptors (Lipinski definition) is 4. The second-order valence-corrected chi connectivity index (χ2v) is 6.99. The van der Waals surface area contributed by atoms with Gasteiger partial charge in [0.1, 0.15) is 15.6 Å². The van der Waals surface area contributed by atoms with E-state index in [0.29, 0.717) is 31.1 Å². The molecule has 1 rings (SSSR count). The summed E-state index contributed by atoms with van der Waals surface area (Å²) in [5, 5.41) is 0. The van der Waals surface area contributed by atoms with Gasteiger partial charge in [-0.15, -0.1) is 0 Å². The number of nitrogens with zero attached hydrogens (tertiary/aromatic N) is 1. The number of Topliss-reactive ketones (excluding diaryl/α,β-unsaturated/α-hetero) is 1. The highest BCUT2D eigenvalue weighted by Crippen LogP contribution is 2.19. The van der Waals surface area contributed by atoms with Gasteiger partial charge in [0.25, 0.3) is 0 Å². The van der Waals surface area contributed by atoms with Crippen molar-refractivity contribution < 1.29 is 13.2 Å². The van der Waals surface area contributed by atoms with Crippen LogP contribution in [0.5, 0.6) is 0 Å². The Balaban J connectivity index is 2.25. The maximum Gasteiger partial charge on any atom is 0.147 e. The van der Waals surface area contributed by atoms with Crippen LogP contribution in [-0.4, -0.2) is 50.7 Å². The Morgan fingerprint density at radius 3 is 2.38 bits per heavy atom. The zero-order valence-corrected chi connectivity index (χ0v) is 10.9. The molecule has 0 amide bonds. The maximum atomic E-state index is 11.1. The van der Waals surface area contributed by atoms with Crippen molar-refractivity contribution in [2.45, 2.75) is 38.1 Å². The molecule has 0 radical (unpaired) electrons. The van der Waals surface area contributed by atoms with Gasteiger partial charge in [-0.3, -0.25) is 4.79 Å². The second-order valence-electron chi connectivity index (χ2n) is 4.73. The third-order valence-electron chi connectivity index (χ3n) is 3.16. The first-order chi connectivity index (χ1) is 7.38. The first-order valence-electron chi connectivity index (χ1n) is 5.78. The minimum Gasteiger partial charge on any atom is -0.303 e. The lowest BCUT2D eigenvalue weighted by Gasteiger charge is -2.30. The monoisotopic (exact) mass is 247 g/mol. The second kappa shape index (κ2) is 5.77. The van der Waals surface area contributed by atoms with Crippen LogP contribution >= 0.6 is 0 Å². The summed E-state index contributed by atoms with van der Waals surface area (Å²) in [5.41, 5.74) is 0. The molecule has 0 atom stereocenters. The summed E-state index contributed by atoms with van der Waals surface area (Å²) < 4.78 is 21.9. The van der Waals surface area contributed by atoms with Gasteiger partial charge in [-0.25, -0.2) is 8.42 Å². The fourth-order valence-corrected chi connectivity index (χ4v) is 2.78. The summed E-state index contributed by atoms with van der Waals surface area (Å²) in [7, 11) is -0.823. The molecule has 0 aromatic rings. The lowest BCUT2D eigenvalue weighted by molar-refractivity contribution is -0.121. The van der Waals surface area contributed by atoms with E-state index in [2.05, 4.69) is 4.90 Å². The molecular weight excluding hydrogens is 226 g/mol. The van der Waals surface area contributed by atoms with Gasteiger partial charge >= 0.3 is 0 Å². The van der Waals surface area contributed by atoms with Gasteiger partial charge in [0.05, 0.1) is 5.75 Å². The summed E-state index contributed by atoms with van der Waals surface area (Å²) in [6, 6.07) is 0.456. The summed E-state index contributed by atoms with van der Waals surface area (Å²) in [4.78, 5) is 13.3. The molecule has 0 unspecified atom stereocenters. The van der Waals surface area contributed by atoms with E-state index in [0.717, 1.165) is 19.4 Å². The Labute approximate surface area is 97.9 Å².